The van der Waals surface area contributed by atoms with Crippen molar-refractivity contribution in [1.82, 2.24) is 20.0 Å². The van der Waals surface area contributed by atoms with Crippen molar-refractivity contribution in [2.45, 2.75) is 98.9 Å². The van der Waals surface area contributed by atoms with E-state index in [1.165, 1.54) is 0 Å². The molecule has 0 aromatic carbocycles. The monoisotopic (exact) mass is 581 g/mol. The van der Waals surface area contributed by atoms with Crippen LogP contribution in [-0.4, -0.2) is 57.5 Å². The number of likely N-dealkylation sites (tertiary alicyclic amines) is 1. The van der Waals surface area contributed by atoms with Gasteiger partial charge in [0.05, 0.1) is 17.9 Å². The van der Waals surface area contributed by atoms with Crippen LogP contribution in [0.5, 0.6) is 0 Å². The maximum absolute atomic E-state index is 13.0. The van der Waals surface area contributed by atoms with Crippen molar-refractivity contribution < 1.29 is 14.3 Å². The molecule has 2 heterocycles. The van der Waals surface area contributed by atoms with Gasteiger partial charge in [0, 0.05) is 19.1 Å². The van der Waals surface area contributed by atoms with Crippen molar-refractivity contribution in [3.63, 3.8) is 0 Å². The van der Waals surface area contributed by atoms with Gasteiger partial charge >= 0.3 is 6.09 Å². The predicted molar refractivity (Wildman–Crippen MR) is 148 cm³/mol. The number of carbonyl (C=O) groups excluding carboxylic acids is 2. The summed E-state index contributed by atoms with van der Waals surface area (Å²) >= 11 is 3.44. The molecule has 2 fully saturated rings. The maximum Gasteiger partial charge on any atom is 0.410 e. The molecule has 208 valence electrons. The van der Waals surface area contributed by atoms with Gasteiger partial charge in [-0.3, -0.25) is 9.59 Å². The number of hydrogen-bond acceptors (Lipinski definition) is 6. The number of ether oxygens (including phenoxy) is 1. The summed E-state index contributed by atoms with van der Waals surface area (Å²) in [6.45, 7) is 17.7. The minimum absolute atomic E-state index is 0.131. The smallest absolute Gasteiger partial charge is 0.410 e. The van der Waals surface area contributed by atoms with Gasteiger partial charge in [-0.25, -0.2) is 9.48 Å². The quantitative estimate of drug-likeness (QED) is 0.507. The molecule has 1 saturated heterocycles. The van der Waals surface area contributed by atoms with Crippen LogP contribution in [0.4, 0.5) is 10.5 Å². The molecule has 1 aromatic heterocycles. The molecule has 0 radical (unpaired) electrons. The predicted octanol–water partition coefficient (Wildman–Crippen LogP) is 4.64. The Bertz CT molecular complexity index is 1050. The number of hydrogen-bond donors (Lipinski definition) is 2. The lowest BCUT2D eigenvalue weighted by Crippen LogP contribution is -2.48. The van der Waals surface area contributed by atoms with Crippen LogP contribution in [0.2, 0.25) is 0 Å². The molecule has 1 aliphatic carbocycles. The summed E-state index contributed by atoms with van der Waals surface area (Å²) in [4.78, 5) is 39.8. The Morgan fingerprint density at radius 3 is 2.57 bits per heavy atom. The number of amides is 2. The molecule has 2 N–H and O–H groups in total. The lowest BCUT2D eigenvalue weighted by atomic mass is 9.58. The fraction of sp³-hybridized carbons (Fsp3) is 0.778. The third kappa shape index (κ3) is 6.86. The Labute approximate surface area is 229 Å². The first kappa shape index (κ1) is 29.5. The summed E-state index contributed by atoms with van der Waals surface area (Å²) in [5, 5.41) is 10.7. The second-order valence-electron chi connectivity index (χ2n) is 12.5. The second-order valence-corrected chi connectivity index (χ2v) is 13.3. The first-order chi connectivity index (χ1) is 17.1. The average molecular weight is 583 g/mol. The number of rotatable bonds is 6. The number of halogens is 1. The molecular weight excluding hydrogens is 538 g/mol. The van der Waals surface area contributed by atoms with Gasteiger partial charge in [0.15, 0.2) is 0 Å². The van der Waals surface area contributed by atoms with Crippen LogP contribution in [0.1, 0.15) is 74.7 Å². The Morgan fingerprint density at radius 2 is 1.92 bits per heavy atom. The molecule has 2 aliphatic rings. The Kier molecular flexibility index (Phi) is 9.02. The Balaban J connectivity index is 1.59. The van der Waals surface area contributed by atoms with Crippen LogP contribution in [-0.2, 0) is 16.1 Å². The molecule has 10 heteroatoms. The molecule has 5 atom stereocenters. The van der Waals surface area contributed by atoms with Crippen LogP contribution in [0.3, 0.4) is 0 Å². The van der Waals surface area contributed by atoms with Gasteiger partial charge in [-0.2, -0.15) is 5.10 Å². The van der Waals surface area contributed by atoms with E-state index < -0.39 is 5.60 Å². The molecule has 1 saturated carbocycles. The lowest BCUT2D eigenvalue weighted by Gasteiger charge is -2.50. The van der Waals surface area contributed by atoms with E-state index in [2.05, 4.69) is 66.3 Å². The van der Waals surface area contributed by atoms with Crippen molar-refractivity contribution >= 4 is 33.6 Å². The van der Waals surface area contributed by atoms with E-state index in [4.69, 9.17) is 4.74 Å². The summed E-state index contributed by atoms with van der Waals surface area (Å²) in [6.07, 6.45) is 3.91. The molecule has 2 amide bonds. The number of nitrogens with one attached hydrogen (secondary N) is 2. The molecule has 0 spiro atoms. The van der Waals surface area contributed by atoms with Gasteiger partial charge in [0.1, 0.15) is 16.6 Å². The van der Waals surface area contributed by atoms with Crippen molar-refractivity contribution in [3.05, 3.63) is 21.0 Å². The van der Waals surface area contributed by atoms with Gasteiger partial charge in [-0.05, 0) is 79.1 Å². The normalized spacial score (nSPS) is 27.6. The van der Waals surface area contributed by atoms with E-state index in [1.54, 1.807) is 11.1 Å². The SMILES string of the molecule is C[C@@H]1[C@@H](C)C(C)(C)[C@@H](C)C[C@H]1Nc1cnn(CC(=O)NC[C@H]2CCCN2C(=O)OC(C)(C)C)c(=O)c1Br. The first-order valence-electron chi connectivity index (χ1n) is 13.4. The highest BCUT2D eigenvalue weighted by atomic mass is 79.9. The summed E-state index contributed by atoms with van der Waals surface area (Å²) in [7, 11) is 0. The molecule has 1 aliphatic heterocycles. The van der Waals surface area contributed by atoms with Crippen LogP contribution in [0, 0.1) is 23.2 Å². The zero-order valence-electron chi connectivity index (χ0n) is 23.6. The van der Waals surface area contributed by atoms with E-state index in [1.807, 2.05) is 20.8 Å². The minimum atomic E-state index is -0.573. The van der Waals surface area contributed by atoms with E-state index in [0.717, 1.165) is 23.9 Å². The third-order valence-electron chi connectivity index (χ3n) is 8.63. The van der Waals surface area contributed by atoms with Gasteiger partial charge < -0.3 is 20.3 Å². The van der Waals surface area contributed by atoms with Crippen LogP contribution in [0.15, 0.2) is 15.5 Å². The van der Waals surface area contributed by atoms with Crippen molar-refractivity contribution in [1.29, 1.82) is 0 Å². The highest BCUT2D eigenvalue weighted by Gasteiger charge is 2.43. The highest BCUT2D eigenvalue weighted by Crippen LogP contribution is 2.48. The van der Waals surface area contributed by atoms with E-state index >= 15 is 0 Å². The van der Waals surface area contributed by atoms with Gasteiger partial charge in [0.25, 0.3) is 5.56 Å². The summed E-state index contributed by atoms with van der Waals surface area (Å²) < 4.78 is 7.02. The van der Waals surface area contributed by atoms with Crippen LogP contribution in [0.25, 0.3) is 0 Å². The summed E-state index contributed by atoms with van der Waals surface area (Å²) in [5.41, 5.74) is -0.0267. The topological polar surface area (TPSA) is 106 Å². The van der Waals surface area contributed by atoms with Gasteiger partial charge in [-0.1, -0.05) is 34.6 Å². The van der Waals surface area contributed by atoms with E-state index in [-0.39, 0.29) is 41.6 Å². The third-order valence-corrected chi connectivity index (χ3v) is 9.40. The summed E-state index contributed by atoms with van der Waals surface area (Å²) in [5.74, 6) is 1.17. The van der Waals surface area contributed by atoms with Crippen molar-refractivity contribution in [2.24, 2.45) is 23.2 Å². The fourth-order valence-electron chi connectivity index (χ4n) is 5.47. The van der Waals surface area contributed by atoms with Crippen LogP contribution >= 0.6 is 15.9 Å². The Morgan fingerprint density at radius 1 is 1.24 bits per heavy atom. The van der Waals surface area contributed by atoms with E-state index in [9.17, 15) is 14.4 Å². The number of aromatic nitrogens is 2. The second kappa shape index (κ2) is 11.3. The zero-order valence-corrected chi connectivity index (χ0v) is 25.1. The largest absolute Gasteiger partial charge is 0.444 e. The van der Waals surface area contributed by atoms with E-state index in [0.29, 0.717) is 41.0 Å². The number of nitrogens with zero attached hydrogens (tertiary/aromatic N) is 3. The first-order valence-corrected chi connectivity index (χ1v) is 14.2. The number of carbonyl (C=O) groups is 2. The van der Waals surface area contributed by atoms with Gasteiger partial charge in [0.2, 0.25) is 5.91 Å². The zero-order chi connectivity index (χ0) is 27.7. The number of anilines is 1. The minimum Gasteiger partial charge on any atom is -0.444 e. The molecule has 0 unspecified atom stereocenters. The highest BCUT2D eigenvalue weighted by molar-refractivity contribution is 9.10. The molecule has 37 heavy (non-hydrogen) atoms. The molecule has 0 bridgehead atoms. The fourth-order valence-corrected chi connectivity index (χ4v) is 5.90. The molecule has 9 nitrogen and oxygen atoms in total. The lowest BCUT2D eigenvalue weighted by molar-refractivity contribution is -0.122. The van der Waals surface area contributed by atoms with Gasteiger partial charge in [-0.15, -0.1) is 0 Å². The molecule has 3 rings (SSSR count). The van der Waals surface area contributed by atoms with Crippen molar-refractivity contribution in [3.8, 4) is 0 Å². The molecule has 1 aromatic rings. The average Bonchev–Trinajstić information content (AvgIpc) is 3.27. The maximum atomic E-state index is 13.0. The standard InChI is InChI=1S/C27H44BrN5O4/c1-16-12-20(17(2)18(3)27(16,7)8)31-21-14-30-33(24(35)23(21)28)15-22(34)29-13-19-10-9-11-32(19)25(36)37-26(4,5)6/h14,16-20,31H,9-13,15H2,1-8H3,(H,29,34)/t16-,17+,18+,19+,20+/m0/s1. The Hall–Kier alpha value is -2.10. The summed E-state index contributed by atoms with van der Waals surface area (Å²) in [6, 6.07) is 0.100. The van der Waals surface area contributed by atoms with Crippen LogP contribution < -0.4 is 16.2 Å². The van der Waals surface area contributed by atoms with Crippen molar-refractivity contribution in [2.75, 3.05) is 18.4 Å². The molecular formula is C27H44BrN5O4.